The van der Waals surface area contributed by atoms with Crippen molar-refractivity contribution in [3.8, 4) is 5.75 Å². The fourth-order valence-electron chi connectivity index (χ4n) is 2.08. The van der Waals surface area contributed by atoms with Crippen molar-refractivity contribution in [3.63, 3.8) is 0 Å². The van der Waals surface area contributed by atoms with Crippen LogP contribution in [0.5, 0.6) is 5.75 Å². The number of ether oxygens (including phenoxy) is 1. The van der Waals surface area contributed by atoms with Gasteiger partial charge in [0.15, 0.2) is 0 Å². The summed E-state index contributed by atoms with van der Waals surface area (Å²) < 4.78 is 5.69. The van der Waals surface area contributed by atoms with Gasteiger partial charge < -0.3 is 15.0 Å². The molecule has 0 aromatic heterocycles. The average molecular weight is 280 g/mol. The number of likely N-dealkylation sites (N-methyl/N-ethyl adjacent to an activating group) is 1. The summed E-state index contributed by atoms with van der Waals surface area (Å²) in [5.41, 5.74) is 1.20. The molecule has 0 saturated carbocycles. The highest BCUT2D eigenvalue weighted by atomic mass is 32.2. The van der Waals surface area contributed by atoms with E-state index in [0.717, 1.165) is 18.9 Å². The van der Waals surface area contributed by atoms with Crippen LogP contribution in [0.4, 0.5) is 5.69 Å². The van der Waals surface area contributed by atoms with Gasteiger partial charge in [-0.15, -0.1) is 0 Å². The molecule has 0 amide bonds. The minimum absolute atomic E-state index is 0.624. The molecule has 1 N–H and O–H groups in total. The lowest BCUT2D eigenvalue weighted by Gasteiger charge is -2.23. The largest absolute Gasteiger partial charge is 0.492 e. The highest BCUT2D eigenvalue weighted by molar-refractivity contribution is 7.99. The van der Waals surface area contributed by atoms with Crippen molar-refractivity contribution in [2.45, 2.75) is 18.9 Å². The fraction of sp³-hybridized carbons (Fsp3) is 0.600. The summed E-state index contributed by atoms with van der Waals surface area (Å²) in [5, 5.41) is 3.60. The summed E-state index contributed by atoms with van der Waals surface area (Å²) >= 11 is 2.05. The molecule has 0 bridgehead atoms. The third-order valence-electron chi connectivity index (χ3n) is 3.19. The maximum absolute atomic E-state index is 5.69. The highest BCUT2D eigenvalue weighted by Crippen LogP contribution is 2.22. The Morgan fingerprint density at radius 2 is 2.11 bits per heavy atom. The van der Waals surface area contributed by atoms with E-state index in [9.17, 15) is 0 Å². The van der Waals surface area contributed by atoms with Gasteiger partial charge in [-0.1, -0.05) is 0 Å². The minimum Gasteiger partial charge on any atom is -0.492 e. The van der Waals surface area contributed by atoms with Gasteiger partial charge in [-0.05, 0) is 57.0 Å². The Kier molecular flexibility index (Phi) is 5.86. The lowest BCUT2D eigenvalue weighted by molar-refractivity contribution is 0.261. The van der Waals surface area contributed by atoms with Crippen LogP contribution in [0.15, 0.2) is 24.3 Å². The monoisotopic (exact) mass is 280 g/mol. The second-order valence-electron chi connectivity index (χ2n) is 5.23. The van der Waals surface area contributed by atoms with Gasteiger partial charge in [-0.3, -0.25) is 0 Å². The lowest BCUT2D eigenvalue weighted by Crippen LogP contribution is -2.25. The Balaban J connectivity index is 1.77. The number of hydrogen-bond donors (Lipinski definition) is 1. The van der Waals surface area contributed by atoms with E-state index in [1.54, 1.807) is 0 Å². The SMILES string of the molecule is CN(C)CCOc1ccc(NC2CCCSC2)cc1. The van der Waals surface area contributed by atoms with Crippen LogP contribution >= 0.6 is 11.8 Å². The van der Waals surface area contributed by atoms with Crippen molar-refractivity contribution in [2.75, 3.05) is 44.1 Å². The molecule has 0 spiro atoms. The smallest absolute Gasteiger partial charge is 0.119 e. The van der Waals surface area contributed by atoms with Gasteiger partial charge in [-0.25, -0.2) is 0 Å². The van der Waals surface area contributed by atoms with Crippen LogP contribution in [0.25, 0.3) is 0 Å². The number of anilines is 1. The molecule has 1 atom stereocenters. The van der Waals surface area contributed by atoms with Crippen molar-refractivity contribution in [3.05, 3.63) is 24.3 Å². The highest BCUT2D eigenvalue weighted by Gasteiger charge is 2.12. The summed E-state index contributed by atoms with van der Waals surface area (Å²) in [6.45, 7) is 1.68. The molecular formula is C15H24N2OS. The van der Waals surface area contributed by atoms with Crippen LogP contribution in [0.2, 0.25) is 0 Å². The molecule has 1 aromatic carbocycles. The molecule has 3 nitrogen and oxygen atoms in total. The molecule has 19 heavy (non-hydrogen) atoms. The van der Waals surface area contributed by atoms with E-state index in [-0.39, 0.29) is 0 Å². The zero-order valence-corrected chi connectivity index (χ0v) is 12.7. The Morgan fingerprint density at radius 3 is 2.74 bits per heavy atom. The summed E-state index contributed by atoms with van der Waals surface area (Å²) in [4.78, 5) is 2.12. The fourth-order valence-corrected chi connectivity index (χ4v) is 3.16. The Labute approximate surface area is 120 Å². The second-order valence-corrected chi connectivity index (χ2v) is 6.38. The van der Waals surface area contributed by atoms with E-state index in [2.05, 4.69) is 36.4 Å². The zero-order valence-electron chi connectivity index (χ0n) is 11.9. The van der Waals surface area contributed by atoms with E-state index in [1.165, 1.54) is 30.0 Å². The van der Waals surface area contributed by atoms with Gasteiger partial charge >= 0.3 is 0 Å². The molecular weight excluding hydrogens is 256 g/mol. The molecule has 1 aliphatic heterocycles. The summed E-state index contributed by atoms with van der Waals surface area (Å²) in [6.07, 6.45) is 2.61. The molecule has 1 fully saturated rings. The van der Waals surface area contributed by atoms with Gasteiger partial charge in [-0.2, -0.15) is 11.8 Å². The number of benzene rings is 1. The second kappa shape index (κ2) is 7.65. The van der Waals surface area contributed by atoms with Crippen molar-refractivity contribution >= 4 is 17.4 Å². The Bertz CT molecular complexity index is 361. The van der Waals surface area contributed by atoms with Crippen LogP contribution in [-0.2, 0) is 0 Å². The van der Waals surface area contributed by atoms with Crippen LogP contribution < -0.4 is 10.1 Å². The molecule has 0 radical (unpaired) electrons. The molecule has 1 saturated heterocycles. The molecule has 2 rings (SSSR count). The number of nitrogens with one attached hydrogen (secondary N) is 1. The van der Waals surface area contributed by atoms with Gasteiger partial charge in [0.2, 0.25) is 0 Å². The normalized spacial score (nSPS) is 19.4. The van der Waals surface area contributed by atoms with Crippen LogP contribution in [0.1, 0.15) is 12.8 Å². The predicted molar refractivity (Wildman–Crippen MR) is 84.5 cm³/mol. The van der Waals surface area contributed by atoms with E-state index < -0.39 is 0 Å². The van der Waals surface area contributed by atoms with Crippen LogP contribution in [0.3, 0.4) is 0 Å². The van der Waals surface area contributed by atoms with Crippen molar-refractivity contribution < 1.29 is 4.74 Å². The van der Waals surface area contributed by atoms with Gasteiger partial charge in [0.05, 0.1) is 0 Å². The molecule has 4 heteroatoms. The maximum Gasteiger partial charge on any atom is 0.119 e. The van der Waals surface area contributed by atoms with E-state index >= 15 is 0 Å². The van der Waals surface area contributed by atoms with Crippen molar-refractivity contribution in [1.82, 2.24) is 4.90 Å². The quantitative estimate of drug-likeness (QED) is 0.866. The van der Waals surface area contributed by atoms with Gasteiger partial charge in [0.25, 0.3) is 0 Å². The van der Waals surface area contributed by atoms with Gasteiger partial charge in [0.1, 0.15) is 12.4 Å². The first-order valence-corrected chi connectivity index (χ1v) is 8.11. The third-order valence-corrected chi connectivity index (χ3v) is 4.41. The first kappa shape index (κ1) is 14.5. The van der Waals surface area contributed by atoms with Crippen molar-refractivity contribution in [2.24, 2.45) is 0 Å². The van der Waals surface area contributed by atoms with E-state index in [1.807, 2.05) is 23.9 Å². The number of hydrogen-bond acceptors (Lipinski definition) is 4. The standard InChI is InChI=1S/C15H24N2OS/c1-17(2)9-10-18-15-7-5-13(6-8-15)16-14-4-3-11-19-12-14/h5-8,14,16H,3-4,9-12H2,1-2H3. The molecule has 0 aliphatic carbocycles. The van der Waals surface area contributed by atoms with Crippen LogP contribution in [0, 0.1) is 0 Å². The van der Waals surface area contributed by atoms with Gasteiger partial charge in [0, 0.05) is 24.0 Å². The number of rotatable bonds is 6. The Hall–Kier alpha value is -0.870. The van der Waals surface area contributed by atoms with Crippen LogP contribution in [-0.4, -0.2) is 49.7 Å². The molecule has 106 valence electrons. The third kappa shape index (κ3) is 5.33. The van der Waals surface area contributed by atoms with Crippen molar-refractivity contribution in [1.29, 1.82) is 0 Å². The molecule has 1 unspecified atom stereocenters. The minimum atomic E-state index is 0.624. The van der Waals surface area contributed by atoms with E-state index in [0.29, 0.717) is 6.04 Å². The molecule has 1 heterocycles. The summed E-state index contributed by atoms with van der Waals surface area (Å²) in [6, 6.07) is 8.95. The number of nitrogens with zero attached hydrogens (tertiary/aromatic N) is 1. The topological polar surface area (TPSA) is 24.5 Å². The summed E-state index contributed by atoms with van der Waals surface area (Å²) in [7, 11) is 4.11. The molecule has 1 aromatic rings. The first-order chi connectivity index (χ1) is 9.24. The Morgan fingerprint density at radius 1 is 1.32 bits per heavy atom. The molecule has 1 aliphatic rings. The first-order valence-electron chi connectivity index (χ1n) is 6.96. The van der Waals surface area contributed by atoms with E-state index in [4.69, 9.17) is 4.74 Å². The predicted octanol–water partition coefficient (Wildman–Crippen LogP) is 2.93. The number of thioether (sulfide) groups is 1. The maximum atomic E-state index is 5.69. The summed E-state index contributed by atoms with van der Waals surface area (Å²) in [5.74, 6) is 3.49. The average Bonchev–Trinajstić information content (AvgIpc) is 2.42. The zero-order chi connectivity index (χ0) is 13.5. The lowest BCUT2D eigenvalue weighted by atomic mass is 10.1.